The van der Waals surface area contributed by atoms with E-state index in [0.29, 0.717) is 5.69 Å². The summed E-state index contributed by atoms with van der Waals surface area (Å²) in [5.74, 6) is 0. The lowest BCUT2D eigenvalue weighted by Gasteiger charge is -2.20. The van der Waals surface area contributed by atoms with Gasteiger partial charge in [-0.05, 0) is 19.1 Å². The molecule has 2 rings (SSSR count). The number of nitrogens with zero attached hydrogens (tertiary/aromatic N) is 3. The van der Waals surface area contributed by atoms with Gasteiger partial charge in [0.25, 0.3) is 0 Å². The van der Waals surface area contributed by atoms with Crippen molar-refractivity contribution in [2.75, 3.05) is 14.1 Å². The molecule has 0 aliphatic carbocycles. The summed E-state index contributed by atoms with van der Waals surface area (Å²) in [6.45, 7) is 8.19. The highest BCUT2D eigenvalue weighted by molar-refractivity contribution is 7.89. The molecule has 0 N–H and O–H groups in total. The number of benzene rings is 1. The number of aromatic nitrogens is 2. The van der Waals surface area contributed by atoms with Crippen LogP contribution in [0.4, 0.5) is 0 Å². The molecular formula is C17H23N3O2S. The fourth-order valence-electron chi connectivity index (χ4n) is 2.33. The van der Waals surface area contributed by atoms with Crippen LogP contribution in [0.15, 0.2) is 35.4 Å². The average molecular weight is 333 g/mol. The third kappa shape index (κ3) is 3.59. The number of hydrogen-bond donors (Lipinski definition) is 0. The molecule has 0 amide bonds. The van der Waals surface area contributed by atoms with E-state index in [9.17, 15) is 8.42 Å². The van der Waals surface area contributed by atoms with Crippen LogP contribution in [0, 0.1) is 6.92 Å². The average Bonchev–Trinajstić information content (AvgIpc) is 2.46. The highest BCUT2D eigenvalue weighted by atomic mass is 32.2. The first-order chi connectivity index (χ1) is 10.5. The molecule has 0 unspecified atom stereocenters. The molecule has 0 saturated heterocycles. The van der Waals surface area contributed by atoms with E-state index in [2.05, 4.69) is 25.8 Å². The van der Waals surface area contributed by atoms with Crippen molar-refractivity contribution in [3.05, 3.63) is 41.9 Å². The van der Waals surface area contributed by atoms with E-state index in [4.69, 9.17) is 4.98 Å². The van der Waals surface area contributed by atoms with Gasteiger partial charge in [0.2, 0.25) is 10.0 Å². The van der Waals surface area contributed by atoms with E-state index < -0.39 is 10.0 Å². The van der Waals surface area contributed by atoms with Gasteiger partial charge in [0.1, 0.15) is 0 Å². The zero-order valence-corrected chi connectivity index (χ0v) is 15.3. The number of sulfonamides is 1. The highest BCUT2D eigenvalue weighted by Gasteiger charge is 2.21. The van der Waals surface area contributed by atoms with Gasteiger partial charge in [0.05, 0.1) is 28.2 Å². The van der Waals surface area contributed by atoms with Crippen LogP contribution in [-0.4, -0.2) is 36.8 Å². The lowest BCUT2D eigenvalue weighted by molar-refractivity contribution is 0.521. The fraction of sp³-hybridized carbons (Fsp3) is 0.412. The third-order valence-electron chi connectivity index (χ3n) is 3.57. The summed E-state index contributed by atoms with van der Waals surface area (Å²) in [4.78, 5) is 9.39. The SMILES string of the molecule is Cc1ncc(-c2cccc(S(=O)(=O)N(C)C)c2)nc1C(C)(C)C. The summed E-state index contributed by atoms with van der Waals surface area (Å²) in [6.07, 6.45) is 1.69. The molecule has 0 aliphatic rings. The summed E-state index contributed by atoms with van der Waals surface area (Å²) in [5.41, 5.74) is 3.09. The Morgan fingerprint density at radius 2 is 1.78 bits per heavy atom. The van der Waals surface area contributed by atoms with E-state index in [0.717, 1.165) is 17.0 Å². The van der Waals surface area contributed by atoms with E-state index in [-0.39, 0.29) is 10.3 Å². The van der Waals surface area contributed by atoms with Gasteiger partial charge < -0.3 is 0 Å². The van der Waals surface area contributed by atoms with E-state index >= 15 is 0 Å². The van der Waals surface area contributed by atoms with Crippen LogP contribution in [0.1, 0.15) is 32.2 Å². The molecule has 2 aromatic rings. The molecule has 0 spiro atoms. The number of aryl methyl sites for hydroxylation is 1. The first-order valence-corrected chi connectivity index (χ1v) is 8.84. The Labute approximate surface area is 138 Å². The molecule has 1 aromatic heterocycles. The smallest absolute Gasteiger partial charge is 0.242 e. The molecule has 1 aromatic carbocycles. The van der Waals surface area contributed by atoms with Crippen LogP contribution in [0.3, 0.4) is 0 Å². The first kappa shape index (κ1) is 17.6. The molecule has 1 heterocycles. The minimum atomic E-state index is -3.47. The maximum Gasteiger partial charge on any atom is 0.242 e. The second-order valence-electron chi connectivity index (χ2n) is 6.75. The lowest BCUT2D eigenvalue weighted by Crippen LogP contribution is -2.22. The Balaban J connectivity index is 2.57. The number of rotatable bonds is 3. The molecule has 23 heavy (non-hydrogen) atoms. The predicted octanol–water partition coefficient (Wildman–Crippen LogP) is 3.00. The van der Waals surface area contributed by atoms with Crippen LogP contribution in [-0.2, 0) is 15.4 Å². The van der Waals surface area contributed by atoms with E-state index in [1.165, 1.54) is 18.4 Å². The molecule has 0 aliphatic heterocycles. The van der Waals surface area contributed by atoms with Gasteiger partial charge in [0.15, 0.2) is 0 Å². The predicted molar refractivity (Wildman–Crippen MR) is 91.8 cm³/mol. The zero-order chi connectivity index (χ0) is 17.4. The van der Waals surface area contributed by atoms with Crippen LogP contribution in [0.5, 0.6) is 0 Å². The van der Waals surface area contributed by atoms with Crippen molar-refractivity contribution < 1.29 is 8.42 Å². The summed E-state index contributed by atoms with van der Waals surface area (Å²) < 4.78 is 25.8. The Morgan fingerprint density at radius 1 is 1.13 bits per heavy atom. The van der Waals surface area contributed by atoms with Crippen LogP contribution >= 0.6 is 0 Å². The van der Waals surface area contributed by atoms with Crippen LogP contribution in [0.2, 0.25) is 0 Å². The third-order valence-corrected chi connectivity index (χ3v) is 5.39. The van der Waals surface area contributed by atoms with Crippen molar-refractivity contribution >= 4 is 10.0 Å². The van der Waals surface area contributed by atoms with Gasteiger partial charge in [-0.1, -0.05) is 32.9 Å². The Bertz CT molecular complexity index is 822. The molecule has 0 atom stereocenters. The molecule has 124 valence electrons. The highest BCUT2D eigenvalue weighted by Crippen LogP contribution is 2.27. The maximum atomic E-state index is 12.3. The molecule has 0 bridgehead atoms. The van der Waals surface area contributed by atoms with Crippen LogP contribution in [0.25, 0.3) is 11.3 Å². The van der Waals surface area contributed by atoms with Crippen molar-refractivity contribution in [3.8, 4) is 11.3 Å². The van der Waals surface area contributed by atoms with Gasteiger partial charge in [-0.15, -0.1) is 0 Å². The molecule has 6 heteroatoms. The quantitative estimate of drug-likeness (QED) is 0.866. The summed E-state index contributed by atoms with van der Waals surface area (Å²) in [6, 6.07) is 6.80. The normalized spacial score (nSPS) is 12.7. The standard InChI is InChI=1S/C17H23N3O2S/c1-12-16(17(2,3)4)19-15(11-18-12)13-8-7-9-14(10-13)23(21,22)20(5)6/h7-11H,1-6H3. The van der Waals surface area contributed by atoms with Crippen molar-refractivity contribution in [1.82, 2.24) is 14.3 Å². The maximum absolute atomic E-state index is 12.3. The lowest BCUT2D eigenvalue weighted by atomic mass is 9.90. The van der Waals surface area contributed by atoms with Crippen molar-refractivity contribution in [2.24, 2.45) is 0 Å². The largest absolute Gasteiger partial charge is 0.257 e. The monoisotopic (exact) mass is 333 g/mol. The first-order valence-electron chi connectivity index (χ1n) is 7.40. The number of hydrogen-bond acceptors (Lipinski definition) is 4. The Hall–Kier alpha value is -1.79. The van der Waals surface area contributed by atoms with Gasteiger partial charge in [0, 0.05) is 25.1 Å². The van der Waals surface area contributed by atoms with E-state index in [1.807, 2.05) is 13.0 Å². The molecule has 5 nitrogen and oxygen atoms in total. The fourth-order valence-corrected chi connectivity index (χ4v) is 3.27. The molecule has 0 radical (unpaired) electrons. The van der Waals surface area contributed by atoms with Crippen molar-refractivity contribution in [3.63, 3.8) is 0 Å². The minimum absolute atomic E-state index is 0.125. The van der Waals surface area contributed by atoms with Gasteiger partial charge in [-0.2, -0.15) is 0 Å². The molecule has 0 fully saturated rings. The summed E-state index contributed by atoms with van der Waals surface area (Å²) in [7, 11) is -0.430. The van der Waals surface area contributed by atoms with Gasteiger partial charge >= 0.3 is 0 Å². The second-order valence-corrected chi connectivity index (χ2v) is 8.91. The van der Waals surface area contributed by atoms with Gasteiger partial charge in [-0.25, -0.2) is 17.7 Å². The van der Waals surface area contributed by atoms with E-state index in [1.54, 1.807) is 24.4 Å². The Kier molecular flexibility index (Phi) is 4.59. The van der Waals surface area contributed by atoms with Crippen molar-refractivity contribution in [2.45, 2.75) is 38.0 Å². The van der Waals surface area contributed by atoms with Crippen molar-refractivity contribution in [1.29, 1.82) is 0 Å². The Morgan fingerprint density at radius 3 is 2.35 bits per heavy atom. The van der Waals surface area contributed by atoms with Crippen LogP contribution < -0.4 is 0 Å². The second kappa shape index (κ2) is 6.02. The minimum Gasteiger partial charge on any atom is -0.257 e. The topological polar surface area (TPSA) is 63.2 Å². The summed E-state index contributed by atoms with van der Waals surface area (Å²) in [5, 5.41) is 0. The molecule has 0 saturated carbocycles. The summed E-state index contributed by atoms with van der Waals surface area (Å²) >= 11 is 0. The zero-order valence-electron chi connectivity index (χ0n) is 14.5. The molecular weight excluding hydrogens is 310 g/mol. The van der Waals surface area contributed by atoms with Gasteiger partial charge in [-0.3, -0.25) is 4.98 Å².